The van der Waals surface area contributed by atoms with Gasteiger partial charge in [-0.1, -0.05) is 97.1 Å². The standard InChI is InChI=1S/C35H20N2O/c1-4-14-25-21(10-1)32-23(30-20-36-28-17-6-7-18-29(28)37-30)13-9-16-27(32)35(25)26-15-5-2-11-22(26)34-33(35)24-12-3-8-19-31(24)38-34/h1-20H. The lowest BCUT2D eigenvalue weighted by Crippen LogP contribution is -2.25. The van der Waals surface area contributed by atoms with E-state index < -0.39 is 5.41 Å². The molecule has 2 heterocycles. The maximum Gasteiger partial charge on any atom is 0.140 e. The summed E-state index contributed by atoms with van der Waals surface area (Å²) in [5.41, 5.74) is 12.9. The fourth-order valence-corrected chi connectivity index (χ4v) is 6.94. The summed E-state index contributed by atoms with van der Waals surface area (Å²) in [4.78, 5) is 9.81. The zero-order valence-corrected chi connectivity index (χ0v) is 20.3. The molecule has 0 radical (unpaired) electrons. The number of benzene rings is 5. The molecule has 1 atom stereocenters. The molecule has 3 nitrogen and oxygen atoms in total. The van der Waals surface area contributed by atoms with Gasteiger partial charge in [0.25, 0.3) is 0 Å². The van der Waals surface area contributed by atoms with Gasteiger partial charge in [-0.05, 0) is 46.0 Å². The average molecular weight is 485 g/mol. The van der Waals surface area contributed by atoms with Gasteiger partial charge in [0, 0.05) is 22.1 Å². The number of aromatic nitrogens is 2. The van der Waals surface area contributed by atoms with Crippen LogP contribution in [0.15, 0.2) is 126 Å². The van der Waals surface area contributed by atoms with E-state index in [1.165, 1.54) is 33.4 Å². The van der Waals surface area contributed by atoms with E-state index in [-0.39, 0.29) is 0 Å². The molecule has 0 N–H and O–H groups in total. The third-order valence-electron chi connectivity index (χ3n) is 8.34. The molecule has 176 valence electrons. The van der Waals surface area contributed by atoms with Crippen molar-refractivity contribution in [3.05, 3.63) is 144 Å². The van der Waals surface area contributed by atoms with Crippen LogP contribution >= 0.6 is 0 Å². The Hall–Kier alpha value is -5.02. The fourth-order valence-electron chi connectivity index (χ4n) is 6.94. The van der Waals surface area contributed by atoms with Gasteiger partial charge in [-0.25, -0.2) is 4.98 Å². The van der Waals surface area contributed by atoms with Gasteiger partial charge >= 0.3 is 0 Å². The summed E-state index contributed by atoms with van der Waals surface area (Å²) in [7, 11) is 0. The first kappa shape index (κ1) is 20.1. The topological polar surface area (TPSA) is 38.9 Å². The number of furan rings is 1. The second-order valence-corrected chi connectivity index (χ2v) is 10.1. The number of rotatable bonds is 1. The SMILES string of the molecule is c1ccc2c(c1)-c1oc3ccccc3c1C21c2ccccc2-c2c(-c3cnc4ccccc4n3)cccc21. The van der Waals surface area contributed by atoms with Gasteiger partial charge in [0.05, 0.1) is 28.3 Å². The predicted octanol–water partition coefficient (Wildman–Crippen LogP) is 8.39. The zero-order chi connectivity index (χ0) is 24.8. The lowest BCUT2D eigenvalue weighted by Gasteiger charge is -2.29. The first-order valence-corrected chi connectivity index (χ1v) is 12.9. The zero-order valence-electron chi connectivity index (χ0n) is 20.3. The largest absolute Gasteiger partial charge is 0.456 e. The maximum atomic E-state index is 6.59. The number of para-hydroxylation sites is 3. The van der Waals surface area contributed by atoms with E-state index in [0.29, 0.717) is 0 Å². The molecular formula is C35H20N2O. The van der Waals surface area contributed by atoms with Crippen molar-refractivity contribution in [3.63, 3.8) is 0 Å². The summed E-state index contributed by atoms with van der Waals surface area (Å²) in [6, 6.07) is 40.7. The Bertz CT molecular complexity index is 2100. The lowest BCUT2D eigenvalue weighted by molar-refractivity contribution is 0.628. The third-order valence-corrected chi connectivity index (χ3v) is 8.34. The second kappa shape index (κ2) is 7.05. The molecule has 9 rings (SSSR count). The molecule has 7 aromatic rings. The molecule has 3 heteroatoms. The highest BCUT2D eigenvalue weighted by Gasteiger charge is 2.54. The molecule has 0 bridgehead atoms. The van der Waals surface area contributed by atoms with Crippen LogP contribution in [0.5, 0.6) is 0 Å². The van der Waals surface area contributed by atoms with Gasteiger partial charge in [0.2, 0.25) is 0 Å². The van der Waals surface area contributed by atoms with Gasteiger partial charge < -0.3 is 4.42 Å². The molecule has 38 heavy (non-hydrogen) atoms. The van der Waals surface area contributed by atoms with Gasteiger partial charge in [-0.15, -0.1) is 0 Å². The molecule has 1 spiro atoms. The Morgan fingerprint density at radius 2 is 1.21 bits per heavy atom. The van der Waals surface area contributed by atoms with Crippen molar-refractivity contribution in [2.75, 3.05) is 0 Å². The van der Waals surface area contributed by atoms with Crippen molar-refractivity contribution in [2.24, 2.45) is 0 Å². The van der Waals surface area contributed by atoms with Crippen LogP contribution in [0, 0.1) is 0 Å². The van der Waals surface area contributed by atoms with E-state index >= 15 is 0 Å². The van der Waals surface area contributed by atoms with Crippen LogP contribution < -0.4 is 0 Å². The van der Waals surface area contributed by atoms with E-state index in [0.717, 1.165) is 44.6 Å². The van der Waals surface area contributed by atoms with E-state index in [2.05, 4.69) is 84.9 Å². The summed E-state index contributed by atoms with van der Waals surface area (Å²) in [5, 5.41) is 1.16. The molecule has 1 unspecified atom stereocenters. The van der Waals surface area contributed by atoms with Crippen LogP contribution in [0.4, 0.5) is 0 Å². The molecule has 0 saturated heterocycles. The van der Waals surface area contributed by atoms with E-state index in [4.69, 9.17) is 14.4 Å². The molecular weight excluding hydrogens is 464 g/mol. The minimum Gasteiger partial charge on any atom is -0.456 e. The van der Waals surface area contributed by atoms with Gasteiger partial charge in [0.1, 0.15) is 11.3 Å². The van der Waals surface area contributed by atoms with Crippen LogP contribution in [-0.4, -0.2) is 9.97 Å². The van der Waals surface area contributed by atoms with Gasteiger partial charge in [-0.2, -0.15) is 0 Å². The van der Waals surface area contributed by atoms with Crippen molar-refractivity contribution in [1.82, 2.24) is 9.97 Å². The first-order valence-electron chi connectivity index (χ1n) is 12.9. The van der Waals surface area contributed by atoms with Gasteiger partial charge in [0.15, 0.2) is 0 Å². The fraction of sp³-hybridized carbons (Fsp3) is 0.0286. The molecule has 2 aliphatic rings. The minimum atomic E-state index is -0.468. The molecule has 0 amide bonds. The predicted molar refractivity (Wildman–Crippen MR) is 151 cm³/mol. The number of nitrogens with zero attached hydrogens (tertiary/aromatic N) is 2. The summed E-state index contributed by atoms with van der Waals surface area (Å²) < 4.78 is 6.59. The summed E-state index contributed by atoms with van der Waals surface area (Å²) >= 11 is 0. The normalized spacial score (nSPS) is 16.5. The Kier molecular flexibility index (Phi) is 3.73. The van der Waals surface area contributed by atoms with Gasteiger partial charge in [-0.3, -0.25) is 4.98 Å². The first-order chi connectivity index (χ1) is 18.9. The van der Waals surface area contributed by atoms with Crippen molar-refractivity contribution >= 4 is 22.0 Å². The molecule has 2 aromatic heterocycles. The summed E-state index contributed by atoms with van der Waals surface area (Å²) in [6.45, 7) is 0. The summed E-state index contributed by atoms with van der Waals surface area (Å²) in [6.07, 6.45) is 1.91. The third kappa shape index (κ3) is 2.30. The van der Waals surface area contributed by atoms with Crippen LogP contribution in [0.2, 0.25) is 0 Å². The maximum absolute atomic E-state index is 6.59. The Balaban J connectivity index is 1.45. The molecule has 0 aliphatic heterocycles. The van der Waals surface area contributed by atoms with Crippen LogP contribution in [0.1, 0.15) is 22.3 Å². The van der Waals surface area contributed by atoms with Crippen molar-refractivity contribution in [1.29, 1.82) is 0 Å². The van der Waals surface area contributed by atoms with Crippen LogP contribution in [0.3, 0.4) is 0 Å². The number of fused-ring (bicyclic) bond motifs is 13. The van der Waals surface area contributed by atoms with Crippen LogP contribution in [0.25, 0.3) is 55.7 Å². The second-order valence-electron chi connectivity index (χ2n) is 10.1. The molecule has 0 fully saturated rings. The molecule has 2 aliphatic carbocycles. The summed E-state index contributed by atoms with van der Waals surface area (Å²) in [5.74, 6) is 0.973. The smallest absolute Gasteiger partial charge is 0.140 e. The molecule has 5 aromatic carbocycles. The Morgan fingerprint density at radius 3 is 2.11 bits per heavy atom. The highest BCUT2D eigenvalue weighted by molar-refractivity contribution is 6.04. The number of hydrogen-bond acceptors (Lipinski definition) is 3. The molecule has 0 saturated carbocycles. The van der Waals surface area contributed by atoms with Crippen molar-refractivity contribution in [3.8, 4) is 33.7 Å². The van der Waals surface area contributed by atoms with Crippen molar-refractivity contribution < 1.29 is 4.42 Å². The van der Waals surface area contributed by atoms with E-state index in [1.807, 2.05) is 36.5 Å². The highest BCUT2D eigenvalue weighted by Crippen LogP contribution is 2.65. The Morgan fingerprint density at radius 1 is 0.553 bits per heavy atom. The van der Waals surface area contributed by atoms with E-state index in [9.17, 15) is 0 Å². The highest BCUT2D eigenvalue weighted by atomic mass is 16.3. The van der Waals surface area contributed by atoms with Crippen molar-refractivity contribution in [2.45, 2.75) is 5.41 Å². The minimum absolute atomic E-state index is 0.468. The quantitative estimate of drug-likeness (QED) is 0.235. The average Bonchev–Trinajstić information content (AvgIpc) is 3.60. The Labute approximate surface area is 219 Å². The monoisotopic (exact) mass is 484 g/mol. The van der Waals surface area contributed by atoms with E-state index in [1.54, 1.807) is 0 Å². The number of hydrogen-bond donors (Lipinski definition) is 0. The van der Waals surface area contributed by atoms with Crippen LogP contribution in [-0.2, 0) is 5.41 Å². The lowest BCUT2D eigenvalue weighted by atomic mass is 9.70.